The first-order chi connectivity index (χ1) is 12.0. The quantitative estimate of drug-likeness (QED) is 0.759. The van der Waals surface area contributed by atoms with Crippen LogP contribution < -0.4 is 15.4 Å². The summed E-state index contributed by atoms with van der Waals surface area (Å²) in [6.07, 6.45) is 3.31. The number of nitrogens with one attached hydrogen (secondary N) is 2. The molecule has 6 heteroatoms. The zero-order chi connectivity index (χ0) is 17.9. The van der Waals surface area contributed by atoms with Crippen molar-refractivity contribution >= 4 is 5.91 Å². The summed E-state index contributed by atoms with van der Waals surface area (Å²) < 4.78 is 11.5. The molecule has 1 aromatic rings. The summed E-state index contributed by atoms with van der Waals surface area (Å²) in [5.74, 6) is 0.291. The molecule has 0 aliphatic carbocycles. The van der Waals surface area contributed by atoms with E-state index in [-0.39, 0.29) is 29.3 Å². The number of carbonyl (C=O) groups excluding carboxylic acids is 1. The van der Waals surface area contributed by atoms with Gasteiger partial charge in [-0.1, -0.05) is 0 Å². The van der Waals surface area contributed by atoms with Crippen molar-refractivity contribution < 1.29 is 19.4 Å². The van der Waals surface area contributed by atoms with Crippen molar-refractivity contribution in [3.8, 4) is 11.5 Å². The van der Waals surface area contributed by atoms with Crippen LogP contribution in [0.3, 0.4) is 0 Å². The van der Waals surface area contributed by atoms with Gasteiger partial charge in [0.05, 0.1) is 18.8 Å². The molecular weight excluding hydrogens is 320 g/mol. The molecule has 6 nitrogen and oxygen atoms in total. The summed E-state index contributed by atoms with van der Waals surface area (Å²) in [6.45, 7) is 7.17. The summed E-state index contributed by atoms with van der Waals surface area (Å²) in [6, 6.07) is 4.61. The van der Waals surface area contributed by atoms with Crippen molar-refractivity contribution in [3.05, 3.63) is 23.8 Å². The van der Waals surface area contributed by atoms with Gasteiger partial charge in [0.2, 0.25) is 0 Å². The third kappa shape index (κ3) is 4.64. The van der Waals surface area contributed by atoms with Crippen molar-refractivity contribution in [1.29, 1.82) is 0 Å². The number of phenolic OH excluding ortho intramolecular Hbond substituents is 1. The molecule has 2 saturated heterocycles. The number of hydrogen-bond acceptors (Lipinski definition) is 5. The van der Waals surface area contributed by atoms with Crippen molar-refractivity contribution in [2.75, 3.05) is 26.2 Å². The lowest BCUT2D eigenvalue weighted by Crippen LogP contribution is -2.38. The van der Waals surface area contributed by atoms with E-state index in [0.29, 0.717) is 17.9 Å². The molecule has 2 aliphatic rings. The Balaban J connectivity index is 1.55. The minimum atomic E-state index is -0.223. The standard InChI is InChI=1S/C19H28N2O4/c1-13(2)25-16-8-14(7-15(22)9-16)18(23)21-11-17-10-19(12-24-17)3-5-20-6-4-19/h7-9,13,17,20,22H,3-6,10-12H2,1-2H3,(H,21,23). The van der Waals surface area contributed by atoms with Gasteiger partial charge in [0, 0.05) is 18.2 Å². The molecule has 2 heterocycles. The molecule has 1 unspecified atom stereocenters. The normalized spacial score (nSPS) is 22.3. The Morgan fingerprint density at radius 1 is 1.40 bits per heavy atom. The van der Waals surface area contributed by atoms with Crippen LogP contribution in [0.5, 0.6) is 11.5 Å². The van der Waals surface area contributed by atoms with E-state index in [1.165, 1.54) is 12.1 Å². The van der Waals surface area contributed by atoms with Gasteiger partial charge in [0.15, 0.2) is 0 Å². The van der Waals surface area contributed by atoms with Crippen molar-refractivity contribution in [3.63, 3.8) is 0 Å². The molecule has 25 heavy (non-hydrogen) atoms. The first-order valence-electron chi connectivity index (χ1n) is 9.07. The monoisotopic (exact) mass is 348 g/mol. The van der Waals surface area contributed by atoms with Crippen LogP contribution in [0.25, 0.3) is 0 Å². The Bertz CT molecular complexity index is 611. The highest BCUT2D eigenvalue weighted by molar-refractivity contribution is 5.95. The maximum Gasteiger partial charge on any atom is 0.251 e. The molecule has 0 bridgehead atoms. The van der Waals surface area contributed by atoms with E-state index in [2.05, 4.69) is 10.6 Å². The molecule has 3 N–H and O–H groups in total. The van der Waals surface area contributed by atoms with E-state index in [0.717, 1.165) is 39.0 Å². The first-order valence-corrected chi connectivity index (χ1v) is 9.07. The lowest BCUT2D eigenvalue weighted by molar-refractivity contribution is 0.0781. The van der Waals surface area contributed by atoms with Gasteiger partial charge in [0.25, 0.3) is 5.91 Å². The maximum atomic E-state index is 12.4. The number of ether oxygens (including phenoxy) is 2. The van der Waals surface area contributed by atoms with E-state index in [9.17, 15) is 9.90 Å². The molecule has 2 aliphatic heterocycles. The van der Waals surface area contributed by atoms with E-state index in [1.807, 2.05) is 13.8 Å². The van der Waals surface area contributed by atoms with Crippen molar-refractivity contribution in [1.82, 2.24) is 10.6 Å². The van der Waals surface area contributed by atoms with Gasteiger partial charge in [-0.15, -0.1) is 0 Å². The second kappa shape index (κ2) is 7.62. The summed E-state index contributed by atoms with van der Waals surface area (Å²) in [4.78, 5) is 12.4. The Morgan fingerprint density at radius 3 is 2.88 bits per heavy atom. The molecular formula is C19H28N2O4. The number of benzene rings is 1. The number of carbonyl (C=O) groups is 1. The third-order valence-electron chi connectivity index (χ3n) is 4.97. The van der Waals surface area contributed by atoms with Crippen LogP contribution in [0.1, 0.15) is 43.5 Å². The molecule has 1 amide bonds. The van der Waals surface area contributed by atoms with Crippen molar-refractivity contribution in [2.24, 2.45) is 5.41 Å². The highest BCUT2D eigenvalue weighted by atomic mass is 16.5. The summed E-state index contributed by atoms with van der Waals surface area (Å²) >= 11 is 0. The minimum absolute atomic E-state index is 0.0223. The summed E-state index contributed by atoms with van der Waals surface area (Å²) in [7, 11) is 0. The largest absolute Gasteiger partial charge is 0.508 e. The van der Waals surface area contributed by atoms with Crippen molar-refractivity contribution in [2.45, 2.75) is 45.3 Å². The Hall–Kier alpha value is -1.79. The van der Waals surface area contributed by atoms with Gasteiger partial charge in [-0.05, 0) is 63.7 Å². The van der Waals surface area contributed by atoms with Crippen LogP contribution in [0.15, 0.2) is 18.2 Å². The zero-order valence-electron chi connectivity index (χ0n) is 15.0. The van der Waals surface area contributed by atoms with Crippen LogP contribution in [-0.2, 0) is 4.74 Å². The van der Waals surface area contributed by atoms with Crippen LogP contribution in [0, 0.1) is 5.41 Å². The number of phenols is 1. The second-order valence-electron chi connectivity index (χ2n) is 7.48. The molecule has 0 radical (unpaired) electrons. The Labute approximate surface area is 148 Å². The molecule has 1 spiro atoms. The fourth-order valence-electron chi connectivity index (χ4n) is 3.70. The lowest BCUT2D eigenvalue weighted by atomic mass is 9.77. The van der Waals surface area contributed by atoms with E-state index < -0.39 is 0 Å². The third-order valence-corrected chi connectivity index (χ3v) is 4.97. The van der Waals surface area contributed by atoms with Gasteiger partial charge in [-0.3, -0.25) is 4.79 Å². The first kappa shape index (κ1) is 18.0. The molecule has 1 atom stereocenters. The van der Waals surface area contributed by atoms with Gasteiger partial charge >= 0.3 is 0 Å². The Kier molecular flexibility index (Phi) is 5.49. The van der Waals surface area contributed by atoms with E-state index >= 15 is 0 Å². The fourth-order valence-corrected chi connectivity index (χ4v) is 3.70. The predicted molar refractivity (Wildman–Crippen MR) is 95.1 cm³/mol. The van der Waals surface area contributed by atoms with Gasteiger partial charge in [-0.2, -0.15) is 0 Å². The zero-order valence-corrected chi connectivity index (χ0v) is 15.0. The molecule has 2 fully saturated rings. The van der Waals surface area contributed by atoms with Crippen LogP contribution in [-0.4, -0.2) is 49.5 Å². The average Bonchev–Trinajstić information content (AvgIpc) is 2.94. The van der Waals surface area contributed by atoms with Crippen LogP contribution in [0.4, 0.5) is 0 Å². The predicted octanol–water partition coefficient (Wildman–Crippen LogP) is 2.07. The van der Waals surface area contributed by atoms with Crippen LogP contribution in [0.2, 0.25) is 0 Å². The number of amides is 1. The maximum absolute atomic E-state index is 12.4. The minimum Gasteiger partial charge on any atom is -0.508 e. The number of hydrogen-bond donors (Lipinski definition) is 3. The molecule has 138 valence electrons. The molecule has 3 rings (SSSR count). The smallest absolute Gasteiger partial charge is 0.251 e. The summed E-state index contributed by atoms with van der Waals surface area (Å²) in [5.41, 5.74) is 0.675. The highest BCUT2D eigenvalue weighted by Gasteiger charge is 2.40. The number of aromatic hydroxyl groups is 1. The molecule has 0 aromatic heterocycles. The van der Waals surface area contributed by atoms with Gasteiger partial charge < -0.3 is 25.2 Å². The highest BCUT2D eigenvalue weighted by Crippen LogP contribution is 2.40. The Morgan fingerprint density at radius 2 is 2.16 bits per heavy atom. The number of piperidine rings is 1. The SMILES string of the molecule is CC(C)Oc1cc(O)cc(C(=O)NCC2CC3(CCNCC3)CO2)c1. The summed E-state index contributed by atoms with van der Waals surface area (Å²) in [5, 5.41) is 16.1. The van der Waals surface area contributed by atoms with Gasteiger partial charge in [-0.25, -0.2) is 0 Å². The van der Waals surface area contributed by atoms with Crippen LogP contribution >= 0.6 is 0 Å². The fraction of sp³-hybridized carbons (Fsp3) is 0.632. The van der Waals surface area contributed by atoms with E-state index in [4.69, 9.17) is 9.47 Å². The molecule has 1 aromatic carbocycles. The number of rotatable bonds is 5. The molecule has 0 saturated carbocycles. The second-order valence-corrected chi connectivity index (χ2v) is 7.48. The topological polar surface area (TPSA) is 79.8 Å². The van der Waals surface area contributed by atoms with E-state index in [1.54, 1.807) is 6.07 Å². The average molecular weight is 348 g/mol. The lowest BCUT2D eigenvalue weighted by Gasteiger charge is -2.32. The van der Waals surface area contributed by atoms with Gasteiger partial charge in [0.1, 0.15) is 11.5 Å².